The minimum Gasteiger partial charge on any atom is -0.454 e. The zero-order valence-electron chi connectivity index (χ0n) is 16.0. The zero-order valence-corrected chi connectivity index (χ0v) is 16.8. The van der Waals surface area contributed by atoms with Crippen LogP contribution in [0.25, 0.3) is 0 Å². The summed E-state index contributed by atoms with van der Waals surface area (Å²) >= 11 is 0. The molecule has 0 saturated heterocycles. The molecule has 1 aromatic carbocycles. The number of nitrogens with one attached hydrogen (secondary N) is 1. The van der Waals surface area contributed by atoms with Crippen LogP contribution in [-0.2, 0) is 21.3 Å². The summed E-state index contributed by atoms with van der Waals surface area (Å²) in [4.78, 5) is 24.6. The Hall–Kier alpha value is -2.89. The van der Waals surface area contributed by atoms with E-state index in [2.05, 4.69) is 10.6 Å². The Balaban J connectivity index is 2.11. The number of aromatic nitrogens is 1. The van der Waals surface area contributed by atoms with Crippen LogP contribution >= 0.6 is 0 Å². The minimum atomic E-state index is -3.83. The lowest BCUT2D eigenvalue weighted by Crippen LogP contribution is -2.24. The number of sulfonamides is 1. The number of esters is 1. The van der Waals surface area contributed by atoms with Gasteiger partial charge in [-0.2, -0.15) is 4.72 Å². The maximum atomic E-state index is 12.4. The predicted octanol–water partition coefficient (Wildman–Crippen LogP) is 2.08. The van der Waals surface area contributed by atoms with Gasteiger partial charge in [-0.1, -0.05) is 12.0 Å². The van der Waals surface area contributed by atoms with Crippen LogP contribution in [0.3, 0.4) is 0 Å². The quantitative estimate of drug-likeness (QED) is 0.414. The second-order valence-corrected chi connectivity index (χ2v) is 7.85. The third-order valence-electron chi connectivity index (χ3n) is 4.27. The number of hydrogen-bond acceptors (Lipinski definition) is 5. The molecule has 0 bridgehead atoms. The fourth-order valence-corrected chi connectivity index (χ4v) is 3.85. The summed E-state index contributed by atoms with van der Waals surface area (Å²) in [7, 11) is -3.83. The highest BCUT2D eigenvalue weighted by Crippen LogP contribution is 2.16. The highest BCUT2D eigenvalue weighted by Gasteiger charge is 2.19. The normalized spacial score (nSPS) is 11.1. The topological polar surface area (TPSA) is 94.5 Å². The van der Waals surface area contributed by atoms with E-state index in [1.165, 1.54) is 24.3 Å². The summed E-state index contributed by atoms with van der Waals surface area (Å²) in [6, 6.07) is 7.10. The van der Waals surface area contributed by atoms with Gasteiger partial charge in [0.25, 0.3) is 0 Å². The predicted molar refractivity (Wildman–Crippen MR) is 105 cm³/mol. The molecular weight excluding hydrogens is 380 g/mol. The first-order valence-corrected chi connectivity index (χ1v) is 10.1. The van der Waals surface area contributed by atoms with Crippen molar-refractivity contribution in [2.45, 2.75) is 32.2 Å². The van der Waals surface area contributed by atoms with E-state index >= 15 is 0 Å². The van der Waals surface area contributed by atoms with Crippen molar-refractivity contribution >= 4 is 21.8 Å². The number of ketones is 1. The smallest absolute Gasteiger partial charge is 0.338 e. The molecule has 0 aliphatic carbocycles. The largest absolute Gasteiger partial charge is 0.454 e. The molecule has 0 aliphatic heterocycles. The average molecular weight is 402 g/mol. The number of carbonyl (C=O) groups excluding carboxylic acids is 2. The van der Waals surface area contributed by atoms with Crippen LogP contribution in [0.2, 0.25) is 0 Å². The molecule has 7 nitrogen and oxygen atoms in total. The molecule has 0 radical (unpaired) electrons. The molecule has 0 fully saturated rings. The Morgan fingerprint density at radius 2 is 1.96 bits per heavy atom. The molecule has 28 heavy (non-hydrogen) atoms. The van der Waals surface area contributed by atoms with E-state index in [9.17, 15) is 18.0 Å². The van der Waals surface area contributed by atoms with Gasteiger partial charge < -0.3 is 9.30 Å². The lowest BCUT2D eigenvalue weighted by Gasteiger charge is -2.08. The highest BCUT2D eigenvalue weighted by molar-refractivity contribution is 7.89. The van der Waals surface area contributed by atoms with Gasteiger partial charge in [-0.3, -0.25) is 4.79 Å². The molecule has 0 atom stereocenters. The summed E-state index contributed by atoms with van der Waals surface area (Å²) in [5.74, 6) is 1.07. The lowest BCUT2D eigenvalue weighted by molar-refractivity contribution is 0.0474. The zero-order chi connectivity index (χ0) is 20.9. The molecule has 0 unspecified atom stereocenters. The van der Waals surface area contributed by atoms with Gasteiger partial charge in [0.05, 0.1) is 17.0 Å². The van der Waals surface area contributed by atoms with Gasteiger partial charge in [-0.15, -0.1) is 6.42 Å². The van der Waals surface area contributed by atoms with Gasteiger partial charge >= 0.3 is 5.97 Å². The molecule has 0 spiro atoms. The van der Waals surface area contributed by atoms with Crippen LogP contribution in [-0.4, -0.2) is 37.9 Å². The Labute approximate surface area is 164 Å². The molecule has 2 aromatic rings. The van der Waals surface area contributed by atoms with Gasteiger partial charge in [-0.05, 0) is 45.0 Å². The van der Waals surface area contributed by atoms with E-state index in [1.807, 2.05) is 25.3 Å². The van der Waals surface area contributed by atoms with Crippen molar-refractivity contribution in [1.29, 1.82) is 0 Å². The van der Waals surface area contributed by atoms with Crippen LogP contribution in [0.15, 0.2) is 35.2 Å². The summed E-state index contributed by atoms with van der Waals surface area (Å²) in [5.41, 5.74) is 2.29. The van der Waals surface area contributed by atoms with Gasteiger partial charge in [0.2, 0.25) is 15.8 Å². The van der Waals surface area contributed by atoms with Crippen LogP contribution in [0.5, 0.6) is 0 Å². The Morgan fingerprint density at radius 1 is 1.25 bits per heavy atom. The number of benzene rings is 1. The van der Waals surface area contributed by atoms with E-state index in [1.54, 1.807) is 6.07 Å². The molecule has 0 saturated carbocycles. The summed E-state index contributed by atoms with van der Waals surface area (Å²) in [6.45, 7) is 5.86. The van der Waals surface area contributed by atoms with Crippen LogP contribution in [0.1, 0.15) is 39.0 Å². The standard InChI is InChI=1S/C20H22N2O5S/c1-5-10-21-28(25,26)17-9-7-8-16(12-17)20(24)27-13-19(23)18-11-14(3)22(6-2)15(18)4/h1,7-9,11-12,21H,6,10,13H2,2-4H3. The van der Waals surface area contributed by atoms with Crippen LogP contribution in [0, 0.1) is 26.2 Å². The molecule has 0 aliphatic rings. The second kappa shape index (κ2) is 8.87. The molecule has 2 rings (SSSR count). The van der Waals surface area contributed by atoms with Crippen molar-refractivity contribution in [2.24, 2.45) is 0 Å². The third kappa shape index (κ3) is 4.68. The van der Waals surface area contributed by atoms with Crippen molar-refractivity contribution in [3.05, 3.63) is 52.8 Å². The SMILES string of the molecule is C#CCNS(=O)(=O)c1cccc(C(=O)OCC(=O)c2cc(C)n(CC)c2C)c1. The van der Waals surface area contributed by atoms with E-state index in [0.29, 0.717) is 5.56 Å². The lowest BCUT2D eigenvalue weighted by atomic mass is 10.1. The minimum absolute atomic E-state index is 0.0235. The Kier molecular flexibility index (Phi) is 6.78. The number of Topliss-reactive ketones (excluding diaryl/α,β-unsaturated/α-hetero) is 1. The second-order valence-electron chi connectivity index (χ2n) is 6.08. The molecule has 148 valence electrons. The number of carbonyl (C=O) groups is 2. The van der Waals surface area contributed by atoms with Gasteiger partial charge in [-0.25, -0.2) is 13.2 Å². The van der Waals surface area contributed by atoms with Crippen LogP contribution in [0.4, 0.5) is 0 Å². The molecule has 1 N–H and O–H groups in total. The number of nitrogens with zero attached hydrogens (tertiary/aromatic N) is 1. The molecule has 1 aromatic heterocycles. The molecule has 0 amide bonds. The maximum Gasteiger partial charge on any atom is 0.338 e. The van der Waals surface area contributed by atoms with Crippen molar-refractivity contribution in [3.63, 3.8) is 0 Å². The Bertz CT molecular complexity index is 1050. The molecular formula is C20H22N2O5S. The number of hydrogen-bond donors (Lipinski definition) is 1. The third-order valence-corrected chi connectivity index (χ3v) is 5.67. The van der Waals surface area contributed by atoms with Crippen molar-refractivity contribution in [3.8, 4) is 12.3 Å². The average Bonchev–Trinajstić information content (AvgIpc) is 2.97. The van der Waals surface area contributed by atoms with Gasteiger partial charge in [0, 0.05) is 23.5 Å². The van der Waals surface area contributed by atoms with Crippen molar-refractivity contribution in [1.82, 2.24) is 9.29 Å². The van der Waals surface area contributed by atoms with E-state index in [-0.39, 0.29) is 22.8 Å². The fraction of sp³-hybridized carbons (Fsp3) is 0.300. The molecule has 8 heteroatoms. The van der Waals surface area contributed by atoms with Crippen LogP contribution < -0.4 is 4.72 Å². The summed E-state index contributed by atoms with van der Waals surface area (Å²) in [5, 5.41) is 0. The van der Waals surface area contributed by atoms with Crippen molar-refractivity contribution in [2.75, 3.05) is 13.2 Å². The number of aryl methyl sites for hydroxylation is 1. The first-order chi connectivity index (χ1) is 13.2. The number of ether oxygens (including phenoxy) is 1. The number of rotatable bonds is 8. The van der Waals surface area contributed by atoms with Gasteiger partial charge in [0.15, 0.2) is 6.61 Å². The molecule has 1 heterocycles. The van der Waals surface area contributed by atoms with E-state index in [0.717, 1.165) is 17.9 Å². The highest BCUT2D eigenvalue weighted by atomic mass is 32.2. The monoisotopic (exact) mass is 402 g/mol. The first kappa shape index (κ1) is 21.4. The number of terminal acetylenes is 1. The first-order valence-electron chi connectivity index (χ1n) is 8.61. The summed E-state index contributed by atoms with van der Waals surface area (Å²) < 4.78 is 33.5. The fourth-order valence-electron chi connectivity index (χ4n) is 2.87. The van der Waals surface area contributed by atoms with E-state index < -0.39 is 22.6 Å². The summed E-state index contributed by atoms with van der Waals surface area (Å²) in [6.07, 6.45) is 5.05. The van der Waals surface area contributed by atoms with Crippen molar-refractivity contribution < 1.29 is 22.7 Å². The van der Waals surface area contributed by atoms with Gasteiger partial charge in [0.1, 0.15) is 0 Å². The maximum absolute atomic E-state index is 12.4. The Morgan fingerprint density at radius 3 is 2.57 bits per heavy atom. The van der Waals surface area contributed by atoms with E-state index in [4.69, 9.17) is 11.2 Å².